The molecule has 0 saturated heterocycles. The van der Waals surface area contributed by atoms with Crippen LogP contribution in [0.3, 0.4) is 0 Å². The van der Waals surface area contributed by atoms with E-state index in [0.29, 0.717) is 17.8 Å². The maximum absolute atomic E-state index is 2.59. The quantitative estimate of drug-likeness (QED) is 0.0842. The van der Waals surface area contributed by atoms with Crippen LogP contribution in [0.5, 0.6) is 0 Å². The maximum atomic E-state index is 2.59. The van der Waals surface area contributed by atoms with Crippen LogP contribution in [-0.2, 0) is 0 Å². The first-order valence-electron chi connectivity index (χ1n) is 51.5. The van der Waals surface area contributed by atoms with Crippen molar-refractivity contribution in [1.82, 2.24) is 0 Å². The summed E-state index contributed by atoms with van der Waals surface area (Å²) in [5, 5.41) is 12.9. The molecule has 12 saturated carbocycles. The van der Waals surface area contributed by atoms with Crippen molar-refractivity contribution in [3.05, 3.63) is 453 Å². The number of hydrogen-bond acceptors (Lipinski definition) is 3. The normalized spacial score (nSPS) is 23.3. The summed E-state index contributed by atoms with van der Waals surface area (Å²) in [6, 6.07) is 162. The van der Waals surface area contributed by atoms with Crippen LogP contribution in [0.2, 0.25) is 0 Å². The van der Waals surface area contributed by atoms with E-state index in [1.54, 1.807) is 16.7 Å². The number of benzene rings is 19. The Hall–Kier alpha value is -14.1. The molecule has 19 aromatic rings. The summed E-state index contributed by atoms with van der Waals surface area (Å²) in [6.07, 6.45) is 21.6. The average molecular weight is 1770 g/mol. The zero-order valence-corrected chi connectivity index (χ0v) is 78.2. The van der Waals surface area contributed by atoms with Crippen LogP contribution in [-0.4, -0.2) is 0 Å². The van der Waals surface area contributed by atoms with Crippen molar-refractivity contribution < 1.29 is 0 Å². The molecule has 0 spiro atoms. The molecule has 31 rings (SSSR count). The highest BCUT2D eigenvalue weighted by Crippen LogP contribution is 2.65. The van der Waals surface area contributed by atoms with Crippen LogP contribution in [0.25, 0.3) is 109 Å². The fourth-order valence-electron chi connectivity index (χ4n) is 29.4. The van der Waals surface area contributed by atoms with Crippen LogP contribution < -0.4 is 14.7 Å². The Labute approximate surface area is 808 Å². The number of hydrogen-bond donors (Lipinski definition) is 0. The summed E-state index contributed by atoms with van der Waals surface area (Å²) >= 11 is 0. The number of rotatable bonds is 17. The van der Waals surface area contributed by atoms with E-state index in [-0.39, 0.29) is 0 Å². The second-order valence-corrected chi connectivity index (χ2v) is 42.3. The molecule has 0 aliphatic heterocycles. The van der Waals surface area contributed by atoms with Gasteiger partial charge in [0.05, 0.1) is 5.69 Å². The van der Waals surface area contributed by atoms with Crippen LogP contribution in [0.4, 0.5) is 51.2 Å². The molecule has 0 N–H and O–H groups in total. The molecule has 0 radical (unpaired) electrons. The first-order chi connectivity index (χ1) is 67.8. The zero-order chi connectivity index (χ0) is 90.4. The van der Waals surface area contributed by atoms with Gasteiger partial charge in [-0.25, -0.2) is 0 Å². The Morgan fingerprint density at radius 1 is 0.146 bits per heavy atom. The van der Waals surface area contributed by atoms with Crippen molar-refractivity contribution >= 4 is 105 Å². The molecular weight excluding hydrogens is 1650 g/mol. The molecular formula is C134H117N3. The molecule has 0 unspecified atom stereocenters. The molecule has 3 heteroatoms. The standard InChI is InChI=1S/C48H41N.C44H39N.C42H37N/c1-3-13-42-34(9-1)11-7-16-44(42)36-19-23-40(24-20-36)49(41-25-21-37(22-26-41)45-17-8-12-35-10-2-4-14-43(35)45)47-18-6-5-15-46(47)48-38-28-32-27-33(30-38)31-39(48)29-32;1-2-9-32(10-3-1)33-17-21-38(22-18-33)45(39-23-19-35(20-24-39)41-15-8-12-34-11-4-5-13-40(34)41)43-16-7-6-14-42(43)44-36-26-30-25-31(28-36)29-37(44)27-30;1-2-10-30(11-3-1)31-18-20-35(21-19-31)43(41-27-32-12-4-5-13-36(32)37-14-6-7-15-38(37)41)40-17-9-8-16-39(40)42-33-23-28-22-29(25-33)26-34(42)24-28/h1-26,32-33,38-39,48H,27-31H2;1-24,30-31,36-37,44H,25-29H2;1-21,27-29,33-34,42H,22-26H2. The summed E-state index contributed by atoms with van der Waals surface area (Å²) in [6.45, 7) is 0. The monoisotopic (exact) mass is 1770 g/mol. The van der Waals surface area contributed by atoms with E-state index < -0.39 is 0 Å². The topological polar surface area (TPSA) is 9.72 Å². The van der Waals surface area contributed by atoms with Crippen molar-refractivity contribution in [2.24, 2.45) is 71.0 Å². The molecule has 19 aromatic carbocycles. The molecule has 3 nitrogen and oxygen atoms in total. The number of anilines is 9. The highest BCUT2D eigenvalue weighted by Gasteiger charge is 2.53. The summed E-state index contributed by atoms with van der Waals surface area (Å²) < 4.78 is 0. The minimum absolute atomic E-state index is 0.649. The van der Waals surface area contributed by atoms with Crippen molar-refractivity contribution in [3.8, 4) is 55.6 Å². The smallest absolute Gasteiger partial charge is 0.0546 e. The van der Waals surface area contributed by atoms with Gasteiger partial charge < -0.3 is 14.7 Å². The van der Waals surface area contributed by atoms with Crippen molar-refractivity contribution in [2.45, 2.75) is 114 Å². The van der Waals surface area contributed by atoms with E-state index in [4.69, 9.17) is 0 Å². The van der Waals surface area contributed by atoms with Gasteiger partial charge in [0.15, 0.2) is 0 Å². The van der Waals surface area contributed by atoms with E-state index in [2.05, 4.69) is 451 Å². The third-order valence-electron chi connectivity index (χ3n) is 34.4. The van der Waals surface area contributed by atoms with Crippen LogP contribution in [0.15, 0.2) is 437 Å². The van der Waals surface area contributed by atoms with Crippen LogP contribution in [0, 0.1) is 71.0 Å². The predicted octanol–water partition coefficient (Wildman–Crippen LogP) is 37.2. The first kappa shape index (κ1) is 83.5. The largest absolute Gasteiger partial charge is 0.310 e. The maximum Gasteiger partial charge on any atom is 0.0546 e. The van der Waals surface area contributed by atoms with E-state index >= 15 is 0 Å². The molecule has 668 valence electrons. The van der Waals surface area contributed by atoms with Crippen molar-refractivity contribution in [2.75, 3.05) is 14.7 Å². The van der Waals surface area contributed by atoms with Gasteiger partial charge in [-0.2, -0.15) is 0 Å². The summed E-state index contributed by atoms with van der Waals surface area (Å²) in [5.41, 5.74) is 28.6. The van der Waals surface area contributed by atoms with E-state index in [0.717, 1.165) is 71.0 Å². The molecule has 0 heterocycles. The Kier molecular flexibility index (Phi) is 21.8. The SMILES string of the molecule is c1ccc(-c2ccc(N(c3ccc(-c4cccc5ccccc45)cc3)c3ccccc3C3C4CC5CC(C4)CC3C5)cc2)cc1.c1ccc(-c2ccc(N(c3ccccc3C3C4CC5CC(C4)CC3C5)c3cc4ccccc4c4ccccc34)cc2)cc1.c1ccc(N(c2ccc(-c3cccc4ccccc34)cc2)c2ccc(-c3cccc4ccccc34)cc2)c(C2C3CC4CC(C3)CC2C4)c1. The lowest BCUT2D eigenvalue weighted by Gasteiger charge is -2.55. The molecule has 137 heavy (non-hydrogen) atoms. The predicted molar refractivity (Wildman–Crippen MR) is 577 cm³/mol. The van der Waals surface area contributed by atoms with E-state index in [9.17, 15) is 0 Å². The van der Waals surface area contributed by atoms with Gasteiger partial charge in [-0.1, -0.05) is 352 Å². The Bertz CT molecular complexity index is 7400. The van der Waals surface area contributed by atoms with E-state index in [1.807, 2.05) is 0 Å². The molecule has 0 amide bonds. The van der Waals surface area contributed by atoms with Gasteiger partial charge in [0.2, 0.25) is 0 Å². The van der Waals surface area contributed by atoms with E-state index in [1.165, 1.54) is 257 Å². The Morgan fingerprint density at radius 2 is 0.380 bits per heavy atom. The van der Waals surface area contributed by atoms with Gasteiger partial charge in [-0.3, -0.25) is 0 Å². The molecule has 12 aliphatic carbocycles. The second-order valence-electron chi connectivity index (χ2n) is 42.3. The van der Waals surface area contributed by atoms with Gasteiger partial charge >= 0.3 is 0 Å². The lowest BCUT2D eigenvalue weighted by Crippen LogP contribution is -2.44. The molecule has 12 bridgehead atoms. The minimum Gasteiger partial charge on any atom is -0.310 e. The molecule has 12 fully saturated rings. The van der Waals surface area contributed by atoms with Crippen LogP contribution >= 0.6 is 0 Å². The summed E-state index contributed by atoms with van der Waals surface area (Å²) in [4.78, 5) is 7.66. The van der Waals surface area contributed by atoms with Gasteiger partial charge in [0.1, 0.15) is 0 Å². The zero-order valence-electron chi connectivity index (χ0n) is 78.2. The molecule has 0 atom stereocenters. The summed E-state index contributed by atoms with van der Waals surface area (Å²) in [7, 11) is 0. The van der Waals surface area contributed by atoms with Gasteiger partial charge in [-0.15, -0.1) is 0 Å². The van der Waals surface area contributed by atoms with Crippen molar-refractivity contribution in [1.29, 1.82) is 0 Å². The average Bonchev–Trinajstić information content (AvgIpc) is 0.736. The fraction of sp³-hybridized carbons (Fsp3) is 0.224. The first-order valence-corrected chi connectivity index (χ1v) is 51.5. The lowest BCUT2D eigenvalue weighted by atomic mass is 9.50. The Morgan fingerprint density at radius 3 is 0.708 bits per heavy atom. The minimum atomic E-state index is 0.649. The number of nitrogens with zero attached hydrogens (tertiary/aromatic N) is 3. The van der Waals surface area contributed by atoms with Gasteiger partial charge in [0.25, 0.3) is 0 Å². The van der Waals surface area contributed by atoms with Gasteiger partial charge in [-0.05, 0) is 391 Å². The third kappa shape index (κ3) is 15.7. The van der Waals surface area contributed by atoms with Crippen molar-refractivity contribution in [3.63, 3.8) is 0 Å². The Balaban J connectivity index is 0.000000107. The lowest BCUT2D eigenvalue weighted by molar-refractivity contribution is -0.00265. The number of fused-ring (bicyclic) bond motifs is 6. The molecule has 0 aromatic heterocycles. The third-order valence-corrected chi connectivity index (χ3v) is 34.4. The summed E-state index contributed by atoms with van der Waals surface area (Å²) in [5.74, 6) is 12.7. The highest BCUT2D eigenvalue weighted by molar-refractivity contribution is 6.15. The van der Waals surface area contributed by atoms with Crippen LogP contribution in [0.1, 0.15) is 131 Å². The fourth-order valence-corrected chi connectivity index (χ4v) is 29.4. The molecule has 12 aliphatic rings. The second kappa shape index (κ2) is 35.9. The highest BCUT2D eigenvalue weighted by atomic mass is 15.2. The number of para-hydroxylation sites is 3. The van der Waals surface area contributed by atoms with Gasteiger partial charge in [0, 0.05) is 50.9 Å².